The van der Waals surface area contributed by atoms with Gasteiger partial charge in [-0.15, -0.1) is 0 Å². The van der Waals surface area contributed by atoms with E-state index in [0.717, 1.165) is 24.3 Å². The number of rotatable bonds is 4. The molecule has 8 nitrogen and oxygen atoms in total. The normalized spacial score (nSPS) is 11.4. The van der Waals surface area contributed by atoms with Crippen molar-refractivity contribution in [3.8, 4) is 0 Å². The van der Waals surface area contributed by atoms with E-state index in [1.807, 2.05) is 0 Å². The zero-order chi connectivity index (χ0) is 28.1. The lowest BCUT2D eigenvalue weighted by Crippen LogP contribution is -2.12. The van der Waals surface area contributed by atoms with Crippen molar-refractivity contribution in [2.45, 2.75) is 26.2 Å². The predicted molar refractivity (Wildman–Crippen MR) is 121 cm³/mol. The summed E-state index contributed by atoms with van der Waals surface area (Å²) < 4.78 is 83.6. The summed E-state index contributed by atoms with van der Waals surface area (Å²) in [7, 11) is 0. The van der Waals surface area contributed by atoms with Gasteiger partial charge in [0.2, 0.25) is 0 Å². The maximum atomic E-state index is 12.4. The number of aryl methyl sites for hydroxylation is 2. The van der Waals surface area contributed by atoms with Crippen LogP contribution in [-0.2, 0) is 12.4 Å². The molecule has 0 saturated carbocycles. The molecule has 0 spiro atoms. The van der Waals surface area contributed by atoms with Gasteiger partial charge in [0.25, 0.3) is 11.8 Å². The van der Waals surface area contributed by atoms with E-state index in [9.17, 15) is 35.9 Å². The van der Waals surface area contributed by atoms with E-state index in [4.69, 9.17) is 9.05 Å². The van der Waals surface area contributed by atoms with Crippen LogP contribution in [0, 0.1) is 13.8 Å². The van der Waals surface area contributed by atoms with Gasteiger partial charge in [0, 0.05) is 11.4 Å². The second kappa shape index (κ2) is 11.2. The second-order valence-corrected chi connectivity index (χ2v) is 7.65. The number of halogens is 6. The van der Waals surface area contributed by atoms with Gasteiger partial charge in [0.1, 0.15) is 22.6 Å². The summed E-state index contributed by atoms with van der Waals surface area (Å²) in [6.45, 7) is 3.13. The van der Waals surface area contributed by atoms with E-state index in [0.29, 0.717) is 11.5 Å². The number of alkyl halides is 6. The van der Waals surface area contributed by atoms with Crippen LogP contribution in [0.15, 0.2) is 70.0 Å². The number of carbonyl (C=O) groups excluding carboxylic acids is 2. The number of amides is 2. The van der Waals surface area contributed by atoms with Crippen molar-refractivity contribution in [1.82, 2.24) is 10.3 Å². The smallest absolute Gasteiger partial charge is 0.361 e. The van der Waals surface area contributed by atoms with Crippen molar-refractivity contribution in [2.24, 2.45) is 0 Å². The highest BCUT2D eigenvalue weighted by Crippen LogP contribution is 2.31. The molecule has 0 fully saturated rings. The molecule has 2 aromatic heterocycles. The van der Waals surface area contributed by atoms with Crippen LogP contribution in [0.25, 0.3) is 0 Å². The number of carbonyl (C=O) groups is 2. The average Bonchev–Trinajstić information content (AvgIpc) is 3.47. The summed E-state index contributed by atoms with van der Waals surface area (Å²) in [5.41, 5.74) is -0.546. The van der Waals surface area contributed by atoms with Crippen LogP contribution < -0.4 is 10.6 Å². The Kier molecular flexibility index (Phi) is 8.23. The Morgan fingerprint density at radius 3 is 1.18 bits per heavy atom. The van der Waals surface area contributed by atoms with Crippen molar-refractivity contribution in [2.75, 3.05) is 10.6 Å². The standard InChI is InChI=1S/2C12H9F3N2O2/c2*1-7-10(6-16-19-7)11(18)17-9-4-2-8(3-5-9)12(13,14)15/h2*2-6H,1H3,(H,17,18). The highest BCUT2D eigenvalue weighted by Gasteiger charge is 2.30. The number of benzene rings is 2. The summed E-state index contributed by atoms with van der Waals surface area (Å²) in [6.07, 6.45) is -6.30. The summed E-state index contributed by atoms with van der Waals surface area (Å²) in [6, 6.07) is 8.33. The number of anilines is 2. The van der Waals surface area contributed by atoms with Crippen LogP contribution in [0.1, 0.15) is 43.4 Å². The molecule has 2 N–H and O–H groups in total. The minimum absolute atomic E-state index is 0.236. The molecular weight excluding hydrogens is 522 g/mol. The van der Waals surface area contributed by atoms with Gasteiger partial charge in [-0.3, -0.25) is 9.59 Å². The SMILES string of the molecule is Cc1oncc1C(=O)Nc1ccc(C(F)(F)F)cc1.Cc1oncc1C(=O)Nc1ccc(C(F)(F)F)cc1. The maximum Gasteiger partial charge on any atom is 0.416 e. The molecule has 4 rings (SSSR count). The molecule has 0 bridgehead atoms. The summed E-state index contributed by atoms with van der Waals surface area (Å²) in [5.74, 6) is -0.300. The number of nitrogens with zero attached hydrogens (tertiary/aromatic N) is 2. The Hall–Kier alpha value is -4.62. The fraction of sp³-hybridized carbons (Fsp3) is 0.167. The van der Waals surface area contributed by atoms with E-state index in [2.05, 4.69) is 20.9 Å². The third-order valence-corrected chi connectivity index (χ3v) is 4.93. The Morgan fingerprint density at radius 1 is 0.632 bits per heavy atom. The van der Waals surface area contributed by atoms with Gasteiger partial charge in [-0.2, -0.15) is 26.3 Å². The molecule has 0 saturated heterocycles. The monoisotopic (exact) mass is 540 g/mol. The first-order chi connectivity index (χ1) is 17.8. The average molecular weight is 540 g/mol. The third-order valence-electron chi connectivity index (χ3n) is 4.93. The lowest BCUT2D eigenvalue weighted by atomic mass is 10.2. The first-order valence-electron chi connectivity index (χ1n) is 10.6. The Bertz CT molecular complexity index is 1280. The molecule has 2 aromatic carbocycles. The molecule has 2 amide bonds. The molecule has 38 heavy (non-hydrogen) atoms. The molecule has 0 aliphatic carbocycles. The van der Waals surface area contributed by atoms with Gasteiger partial charge in [-0.1, -0.05) is 10.3 Å². The summed E-state index contributed by atoms with van der Waals surface area (Å²) >= 11 is 0. The van der Waals surface area contributed by atoms with Gasteiger partial charge in [-0.05, 0) is 62.4 Å². The fourth-order valence-electron chi connectivity index (χ4n) is 2.92. The Balaban J connectivity index is 0.000000211. The van der Waals surface area contributed by atoms with Gasteiger partial charge in [0.15, 0.2) is 0 Å². The Labute approximate surface area is 210 Å². The topological polar surface area (TPSA) is 110 Å². The molecule has 0 aliphatic rings. The lowest BCUT2D eigenvalue weighted by Gasteiger charge is -2.08. The number of hydrogen-bond acceptors (Lipinski definition) is 6. The van der Waals surface area contributed by atoms with Crippen molar-refractivity contribution >= 4 is 23.2 Å². The second-order valence-electron chi connectivity index (χ2n) is 7.65. The molecule has 0 radical (unpaired) electrons. The van der Waals surface area contributed by atoms with Gasteiger partial charge < -0.3 is 19.7 Å². The number of nitrogens with one attached hydrogen (secondary N) is 2. The van der Waals surface area contributed by atoms with Gasteiger partial charge in [-0.25, -0.2) is 0 Å². The fourth-order valence-corrected chi connectivity index (χ4v) is 2.92. The molecule has 4 aromatic rings. The molecule has 200 valence electrons. The van der Waals surface area contributed by atoms with Crippen LogP contribution in [0.2, 0.25) is 0 Å². The van der Waals surface area contributed by atoms with Crippen molar-refractivity contribution in [3.05, 3.63) is 94.7 Å². The summed E-state index contributed by atoms with van der Waals surface area (Å²) in [5, 5.41) is 11.8. The molecule has 0 atom stereocenters. The Morgan fingerprint density at radius 2 is 0.947 bits per heavy atom. The quantitative estimate of drug-likeness (QED) is 0.286. The first kappa shape index (κ1) is 28.0. The van der Waals surface area contributed by atoms with Crippen LogP contribution >= 0.6 is 0 Å². The van der Waals surface area contributed by atoms with E-state index in [1.165, 1.54) is 36.7 Å². The van der Waals surface area contributed by atoms with Crippen molar-refractivity contribution < 1.29 is 45.0 Å². The molecular formula is C24H18F6N4O4. The zero-order valence-electron chi connectivity index (χ0n) is 19.6. The minimum atomic E-state index is -4.40. The molecule has 0 aliphatic heterocycles. The molecule has 2 heterocycles. The van der Waals surface area contributed by atoms with E-state index >= 15 is 0 Å². The number of aromatic nitrogens is 2. The molecule has 0 unspecified atom stereocenters. The summed E-state index contributed by atoms with van der Waals surface area (Å²) in [4.78, 5) is 23.5. The van der Waals surface area contributed by atoms with Crippen molar-refractivity contribution in [1.29, 1.82) is 0 Å². The maximum absolute atomic E-state index is 12.4. The lowest BCUT2D eigenvalue weighted by molar-refractivity contribution is -0.138. The van der Waals surface area contributed by atoms with Crippen LogP contribution in [0.5, 0.6) is 0 Å². The van der Waals surface area contributed by atoms with Gasteiger partial charge in [0.05, 0.1) is 23.5 Å². The van der Waals surface area contributed by atoms with Crippen LogP contribution in [-0.4, -0.2) is 22.1 Å². The third kappa shape index (κ3) is 7.21. The highest BCUT2D eigenvalue weighted by atomic mass is 19.4. The largest absolute Gasteiger partial charge is 0.416 e. The highest BCUT2D eigenvalue weighted by molar-refractivity contribution is 6.05. The van der Waals surface area contributed by atoms with Crippen LogP contribution in [0.3, 0.4) is 0 Å². The first-order valence-corrected chi connectivity index (χ1v) is 10.6. The number of hydrogen-bond donors (Lipinski definition) is 2. The van der Waals surface area contributed by atoms with Gasteiger partial charge >= 0.3 is 12.4 Å². The van der Waals surface area contributed by atoms with Crippen LogP contribution in [0.4, 0.5) is 37.7 Å². The predicted octanol–water partition coefficient (Wildman–Crippen LogP) is 6.51. The zero-order valence-corrected chi connectivity index (χ0v) is 19.6. The van der Waals surface area contributed by atoms with E-state index in [1.54, 1.807) is 13.8 Å². The van der Waals surface area contributed by atoms with E-state index in [-0.39, 0.29) is 22.5 Å². The minimum Gasteiger partial charge on any atom is -0.361 e. The molecule has 14 heteroatoms. The van der Waals surface area contributed by atoms with Crippen molar-refractivity contribution in [3.63, 3.8) is 0 Å². The van der Waals surface area contributed by atoms with E-state index < -0.39 is 35.3 Å².